The molecule has 2 saturated heterocycles. The van der Waals surface area contributed by atoms with Gasteiger partial charge in [0, 0.05) is 27.1 Å². The van der Waals surface area contributed by atoms with E-state index in [2.05, 4.69) is 11.2 Å². The average molecular weight is 703 g/mol. The van der Waals surface area contributed by atoms with Gasteiger partial charge in [0.2, 0.25) is 17.7 Å². The number of likely N-dealkylation sites (N-methyl/N-ethyl adjacent to an activating group) is 2. The lowest BCUT2D eigenvalue weighted by Crippen LogP contribution is -2.58. The van der Waals surface area contributed by atoms with Crippen molar-refractivity contribution in [3.8, 4) is 12.3 Å². The van der Waals surface area contributed by atoms with Crippen LogP contribution in [-0.4, -0.2) is 107 Å². The van der Waals surface area contributed by atoms with Gasteiger partial charge in [0.15, 0.2) is 6.10 Å². The molecule has 0 spiro atoms. The lowest BCUT2D eigenvalue weighted by Gasteiger charge is -2.37. The van der Waals surface area contributed by atoms with Crippen LogP contribution in [0.15, 0.2) is 0 Å². The second-order valence-electron chi connectivity index (χ2n) is 14.9. The van der Waals surface area contributed by atoms with Crippen molar-refractivity contribution < 1.29 is 38.2 Å². The van der Waals surface area contributed by atoms with E-state index in [1.165, 1.54) is 21.7 Å². The minimum absolute atomic E-state index is 0.286. The lowest BCUT2D eigenvalue weighted by molar-refractivity contribution is -0.172. The van der Waals surface area contributed by atoms with E-state index in [4.69, 9.17) is 15.9 Å². The number of nitrogens with zero attached hydrogens (tertiary/aromatic N) is 3. The average Bonchev–Trinajstić information content (AvgIpc) is 3.57. The molecular formula is C38H62N4O8. The van der Waals surface area contributed by atoms with Gasteiger partial charge >= 0.3 is 11.9 Å². The highest BCUT2D eigenvalue weighted by molar-refractivity contribution is 5.95. The van der Waals surface area contributed by atoms with Crippen molar-refractivity contribution in [2.45, 2.75) is 144 Å². The molecule has 2 fully saturated rings. The summed E-state index contributed by atoms with van der Waals surface area (Å²) in [5.41, 5.74) is 0. The van der Waals surface area contributed by atoms with Gasteiger partial charge in [-0.2, -0.15) is 0 Å². The van der Waals surface area contributed by atoms with Crippen LogP contribution in [0.25, 0.3) is 0 Å². The van der Waals surface area contributed by atoms with Gasteiger partial charge in [0.05, 0.1) is 5.92 Å². The summed E-state index contributed by atoms with van der Waals surface area (Å²) in [4.78, 5) is 88.5. The standard InChI is InChI=1S/C38H62N4O8/c1-13-16-17-20-28-26(10)33(43)39-29(22(4)5)35(45)41(12)31(25(9)15-3)38(48)50-32(23(6)7)36(46)42-21-18-19-27(42)34(44)40(11)30(24(8)14-2)37(47)49-28/h1,22-32H,14-21H2,2-12H3,(H,39,43)/t24-,25-,26-,27-,28+,29-,30-,31-,32-/m0/s1. The molecule has 50 heavy (non-hydrogen) atoms. The van der Waals surface area contributed by atoms with Crippen molar-refractivity contribution in [2.75, 3.05) is 20.6 Å². The van der Waals surface area contributed by atoms with Gasteiger partial charge in [-0.1, -0.05) is 75.2 Å². The molecule has 0 aromatic heterocycles. The molecule has 1 N–H and O–H groups in total. The number of carbonyl (C=O) groups excluding carboxylic acids is 6. The summed E-state index contributed by atoms with van der Waals surface area (Å²) in [6, 6.07) is -3.92. The first kappa shape index (κ1) is 42.5. The summed E-state index contributed by atoms with van der Waals surface area (Å²) in [6.45, 7) is 16.5. The van der Waals surface area contributed by atoms with Crippen LogP contribution in [0.5, 0.6) is 0 Å². The molecule has 2 aliphatic heterocycles. The van der Waals surface area contributed by atoms with E-state index in [1.54, 1.807) is 41.7 Å². The molecule has 2 heterocycles. The second-order valence-corrected chi connectivity index (χ2v) is 14.9. The zero-order valence-corrected chi connectivity index (χ0v) is 32.2. The minimum atomic E-state index is -1.21. The van der Waals surface area contributed by atoms with Gasteiger partial charge in [-0.25, -0.2) is 9.59 Å². The number of unbranched alkanes of at least 4 members (excludes halogenated alkanes) is 1. The molecule has 9 atom stereocenters. The smallest absolute Gasteiger partial charge is 0.329 e. The largest absolute Gasteiger partial charge is 0.460 e. The molecule has 12 heteroatoms. The molecule has 0 aromatic rings. The molecule has 0 unspecified atom stereocenters. The fraction of sp³-hybridized carbons (Fsp3) is 0.789. The molecule has 0 saturated carbocycles. The number of fused-ring (bicyclic) bond motifs is 1. The van der Waals surface area contributed by atoms with Crippen molar-refractivity contribution >= 4 is 35.6 Å². The van der Waals surface area contributed by atoms with Crippen molar-refractivity contribution in [3.05, 3.63) is 0 Å². The van der Waals surface area contributed by atoms with Crippen LogP contribution in [-0.2, 0) is 38.2 Å². The monoisotopic (exact) mass is 702 g/mol. The third-order valence-corrected chi connectivity index (χ3v) is 10.6. The van der Waals surface area contributed by atoms with Crippen molar-refractivity contribution in [3.63, 3.8) is 0 Å². The van der Waals surface area contributed by atoms with Gasteiger partial charge in [0.25, 0.3) is 5.91 Å². The molecular weight excluding hydrogens is 640 g/mol. The Bertz CT molecular complexity index is 1260. The Balaban J connectivity index is 2.76. The van der Waals surface area contributed by atoms with E-state index in [-0.39, 0.29) is 24.3 Å². The summed E-state index contributed by atoms with van der Waals surface area (Å²) < 4.78 is 12.1. The van der Waals surface area contributed by atoms with Crippen molar-refractivity contribution in [1.82, 2.24) is 20.0 Å². The molecule has 0 aliphatic carbocycles. The predicted octanol–water partition coefficient (Wildman–Crippen LogP) is 3.80. The van der Waals surface area contributed by atoms with Crippen LogP contribution in [0.2, 0.25) is 0 Å². The number of carbonyl (C=O) groups is 6. The SMILES string of the molecule is C#CCCC[C@H]1OC(=O)[C@H]([C@@H](C)CC)N(C)C(=O)[C@@H]2CCCN2C(=O)[C@H](C(C)C)OC(=O)[C@H]([C@@H](C)CC)N(C)C(=O)[C@H](C(C)C)NC(=O)[C@H]1C. The van der Waals surface area contributed by atoms with Gasteiger partial charge in [-0.05, 0) is 49.4 Å². The maximum atomic E-state index is 14.2. The lowest BCUT2D eigenvalue weighted by atomic mass is 9.93. The number of terminal acetylenes is 1. The topological polar surface area (TPSA) is 143 Å². The minimum Gasteiger partial charge on any atom is -0.460 e. The zero-order valence-electron chi connectivity index (χ0n) is 32.2. The zero-order chi connectivity index (χ0) is 38.0. The van der Waals surface area contributed by atoms with Crippen molar-refractivity contribution in [2.24, 2.45) is 29.6 Å². The number of esters is 2. The molecule has 2 aliphatic rings. The molecule has 2 rings (SSSR count). The Morgan fingerprint density at radius 3 is 1.86 bits per heavy atom. The fourth-order valence-electron chi connectivity index (χ4n) is 6.84. The van der Waals surface area contributed by atoms with E-state index in [0.29, 0.717) is 44.9 Å². The van der Waals surface area contributed by atoms with E-state index >= 15 is 0 Å². The molecule has 4 amide bonds. The van der Waals surface area contributed by atoms with Crippen LogP contribution < -0.4 is 5.32 Å². The van der Waals surface area contributed by atoms with E-state index in [9.17, 15) is 28.8 Å². The maximum absolute atomic E-state index is 14.2. The summed E-state index contributed by atoms with van der Waals surface area (Å²) in [6.07, 6.45) is 6.60. The van der Waals surface area contributed by atoms with Crippen LogP contribution in [0.3, 0.4) is 0 Å². The highest BCUT2D eigenvalue weighted by Gasteiger charge is 2.46. The Kier molecular flexibility index (Phi) is 16.3. The quantitative estimate of drug-likeness (QED) is 0.217. The Labute approximate surface area is 299 Å². The fourth-order valence-corrected chi connectivity index (χ4v) is 6.84. The summed E-state index contributed by atoms with van der Waals surface area (Å²) in [7, 11) is 3.04. The highest BCUT2D eigenvalue weighted by atomic mass is 16.6. The molecule has 0 bridgehead atoms. The summed E-state index contributed by atoms with van der Waals surface area (Å²) >= 11 is 0. The van der Waals surface area contributed by atoms with E-state index in [0.717, 1.165) is 0 Å². The molecule has 282 valence electrons. The van der Waals surface area contributed by atoms with Crippen LogP contribution in [0.4, 0.5) is 0 Å². The first-order chi connectivity index (χ1) is 23.4. The van der Waals surface area contributed by atoms with Crippen LogP contribution >= 0.6 is 0 Å². The Morgan fingerprint density at radius 1 is 0.820 bits per heavy atom. The number of rotatable bonds is 9. The first-order valence-electron chi connectivity index (χ1n) is 18.4. The van der Waals surface area contributed by atoms with Gasteiger partial charge in [0.1, 0.15) is 30.3 Å². The Morgan fingerprint density at radius 2 is 1.36 bits per heavy atom. The van der Waals surface area contributed by atoms with Gasteiger partial charge in [-0.3, -0.25) is 19.2 Å². The van der Waals surface area contributed by atoms with Gasteiger partial charge in [-0.15, -0.1) is 12.3 Å². The number of amides is 4. The molecule has 12 nitrogen and oxygen atoms in total. The molecule has 0 radical (unpaired) electrons. The normalized spacial score (nSPS) is 29.4. The third-order valence-electron chi connectivity index (χ3n) is 10.6. The van der Waals surface area contributed by atoms with Gasteiger partial charge < -0.3 is 29.5 Å². The maximum Gasteiger partial charge on any atom is 0.329 e. The number of hydrogen-bond acceptors (Lipinski definition) is 8. The predicted molar refractivity (Wildman–Crippen MR) is 190 cm³/mol. The number of hydrogen-bond donors (Lipinski definition) is 1. The van der Waals surface area contributed by atoms with Crippen LogP contribution in [0, 0.1) is 41.9 Å². The van der Waals surface area contributed by atoms with E-state index in [1.807, 2.05) is 27.7 Å². The Hall–Kier alpha value is -3.62. The first-order valence-corrected chi connectivity index (χ1v) is 18.4. The number of cyclic esters (lactones) is 2. The number of ether oxygens (including phenoxy) is 2. The highest BCUT2D eigenvalue weighted by Crippen LogP contribution is 2.28. The molecule has 0 aromatic carbocycles. The van der Waals surface area contributed by atoms with Crippen molar-refractivity contribution in [1.29, 1.82) is 0 Å². The van der Waals surface area contributed by atoms with E-state index < -0.39 is 83.8 Å². The second kappa shape index (κ2) is 19.1. The summed E-state index contributed by atoms with van der Waals surface area (Å²) in [5.74, 6) is -3.04. The summed E-state index contributed by atoms with van der Waals surface area (Å²) in [5, 5.41) is 2.87. The number of nitrogens with one attached hydrogen (secondary N) is 1. The third kappa shape index (κ3) is 10.0. The van der Waals surface area contributed by atoms with Crippen LogP contribution in [0.1, 0.15) is 107 Å².